The first-order chi connectivity index (χ1) is 4.45. The molecule has 0 bridgehead atoms. The van der Waals surface area contributed by atoms with Crippen LogP contribution in [-0.4, -0.2) is 31.6 Å². The van der Waals surface area contributed by atoms with Crippen molar-refractivity contribution in [3.8, 4) is 0 Å². The van der Waals surface area contributed by atoms with Gasteiger partial charge in [0.2, 0.25) is 0 Å². The second-order valence-electron chi connectivity index (χ2n) is 1.80. The number of rotatable bonds is 4. The van der Waals surface area contributed by atoms with Crippen LogP contribution in [0.1, 0.15) is 6.42 Å². The maximum absolute atomic E-state index is 12.1. The van der Waals surface area contributed by atoms with E-state index in [9.17, 15) is 21.8 Å². The molecule has 0 saturated carbocycles. The molecule has 0 amide bonds. The van der Waals surface area contributed by atoms with Gasteiger partial charge in [-0.15, -0.1) is 0 Å². The molecule has 0 spiro atoms. The Morgan fingerprint density at radius 1 is 1.45 bits per heavy atom. The Labute approximate surface area is 76.1 Å². The summed E-state index contributed by atoms with van der Waals surface area (Å²) in [6.45, 7) is -0.948. The minimum Gasteiger partial charge on any atom is -0.748 e. The molecule has 0 aromatic rings. The monoisotopic (exact) mass is 180 g/mol. The van der Waals surface area contributed by atoms with E-state index in [4.69, 9.17) is 0 Å². The molecule has 0 heterocycles. The van der Waals surface area contributed by atoms with Gasteiger partial charge in [0.05, 0.1) is 22.5 Å². The smallest absolute Gasteiger partial charge is 0.748 e. The van der Waals surface area contributed by atoms with E-state index in [-0.39, 0.29) is 18.9 Å². The van der Waals surface area contributed by atoms with E-state index in [1.54, 1.807) is 0 Å². The van der Waals surface area contributed by atoms with Gasteiger partial charge in [0.15, 0.2) is 0 Å². The van der Waals surface area contributed by atoms with Gasteiger partial charge in [0.25, 0.3) is 0 Å². The van der Waals surface area contributed by atoms with Gasteiger partial charge in [-0.1, -0.05) is 0 Å². The summed E-state index contributed by atoms with van der Waals surface area (Å²) in [7, 11) is -4.54. The molecular weight excluding hydrogens is 173 g/mol. The van der Waals surface area contributed by atoms with Crippen LogP contribution in [-0.2, 0) is 10.1 Å². The summed E-state index contributed by atoms with van der Waals surface area (Å²) in [6, 6.07) is 0. The maximum atomic E-state index is 12.1. The Balaban J connectivity index is 0. The van der Waals surface area contributed by atoms with Gasteiger partial charge < -0.3 is 4.55 Å². The summed E-state index contributed by atoms with van der Waals surface area (Å²) in [5.41, 5.74) is 0. The zero-order valence-electron chi connectivity index (χ0n) is 6.09. The van der Waals surface area contributed by atoms with Crippen molar-refractivity contribution < 1.29 is 40.6 Å². The molecule has 62 valence electrons. The Kier molecular flexibility index (Phi) is 7.53. The Morgan fingerprint density at radius 3 is 2.18 bits per heavy atom. The van der Waals surface area contributed by atoms with Gasteiger partial charge in [0.1, 0.15) is 6.17 Å². The van der Waals surface area contributed by atoms with E-state index in [1.807, 2.05) is 0 Å². The number of hydrogen-bond acceptors (Lipinski definition) is 3. The van der Waals surface area contributed by atoms with E-state index in [1.165, 1.54) is 0 Å². The predicted octanol–water partition coefficient (Wildman–Crippen LogP) is -2.77. The topological polar surface area (TPSA) is 57.2 Å². The van der Waals surface area contributed by atoms with Crippen LogP contribution in [0, 0.1) is 0 Å². The van der Waals surface area contributed by atoms with Crippen LogP contribution < -0.4 is 18.9 Å². The van der Waals surface area contributed by atoms with E-state index in [2.05, 4.69) is 0 Å². The van der Waals surface area contributed by atoms with E-state index >= 15 is 0 Å². The second kappa shape index (κ2) is 5.95. The molecule has 0 rings (SSSR count). The van der Waals surface area contributed by atoms with E-state index in [0.717, 1.165) is 0 Å². The normalized spacial score (nSPS) is 13.7. The molecule has 0 aliphatic carbocycles. The SMILES string of the molecule is O=S(=O)([O-])CC(F)CCF.[Li+]. The van der Waals surface area contributed by atoms with Gasteiger partial charge >= 0.3 is 18.9 Å². The van der Waals surface area contributed by atoms with E-state index < -0.39 is 35.1 Å². The van der Waals surface area contributed by atoms with Gasteiger partial charge in [-0.25, -0.2) is 12.8 Å². The number of hydrogen-bond donors (Lipinski definition) is 0. The molecule has 0 aliphatic rings. The zero-order valence-corrected chi connectivity index (χ0v) is 6.90. The zero-order chi connectivity index (χ0) is 8.20. The van der Waals surface area contributed by atoms with Gasteiger partial charge in [-0.05, 0) is 0 Å². The van der Waals surface area contributed by atoms with E-state index in [0.29, 0.717) is 0 Å². The maximum Gasteiger partial charge on any atom is 1.00 e. The molecule has 0 aromatic carbocycles. The molecule has 0 aromatic heterocycles. The molecule has 0 aliphatic heterocycles. The van der Waals surface area contributed by atoms with Gasteiger partial charge in [0, 0.05) is 6.42 Å². The molecule has 11 heavy (non-hydrogen) atoms. The van der Waals surface area contributed by atoms with Crippen LogP contribution >= 0.6 is 0 Å². The van der Waals surface area contributed by atoms with Crippen molar-refractivity contribution in [1.29, 1.82) is 0 Å². The Hall–Kier alpha value is 0.367. The average molecular weight is 180 g/mol. The molecule has 3 nitrogen and oxygen atoms in total. The van der Waals surface area contributed by atoms with Crippen LogP contribution in [0.4, 0.5) is 8.78 Å². The van der Waals surface area contributed by atoms with Crippen molar-refractivity contribution in [1.82, 2.24) is 0 Å². The molecule has 7 heteroatoms. The van der Waals surface area contributed by atoms with Crippen molar-refractivity contribution in [2.75, 3.05) is 12.4 Å². The summed E-state index contributed by atoms with van der Waals surface area (Å²) < 4.78 is 52.8. The molecule has 0 radical (unpaired) electrons. The summed E-state index contributed by atoms with van der Waals surface area (Å²) in [4.78, 5) is 0. The molecule has 1 atom stereocenters. The van der Waals surface area contributed by atoms with Crippen LogP contribution in [0.5, 0.6) is 0 Å². The van der Waals surface area contributed by atoms with Crippen molar-refractivity contribution in [2.45, 2.75) is 12.6 Å². The second-order valence-corrected chi connectivity index (χ2v) is 3.25. The van der Waals surface area contributed by atoms with Crippen LogP contribution in [0.25, 0.3) is 0 Å². The third-order valence-electron chi connectivity index (χ3n) is 0.807. The predicted molar refractivity (Wildman–Crippen MR) is 30.1 cm³/mol. The first-order valence-corrected chi connectivity index (χ1v) is 4.17. The Bertz CT molecular complexity index is 182. The summed E-state index contributed by atoms with van der Waals surface area (Å²) in [5.74, 6) is -1.13. The molecule has 0 N–H and O–H groups in total. The van der Waals surface area contributed by atoms with Crippen molar-refractivity contribution in [3.63, 3.8) is 0 Å². The van der Waals surface area contributed by atoms with Crippen molar-refractivity contribution in [2.24, 2.45) is 0 Å². The Morgan fingerprint density at radius 2 is 1.91 bits per heavy atom. The van der Waals surface area contributed by atoms with Gasteiger partial charge in [-0.2, -0.15) is 0 Å². The van der Waals surface area contributed by atoms with Gasteiger partial charge in [-0.3, -0.25) is 4.39 Å². The summed E-state index contributed by atoms with van der Waals surface area (Å²) in [6.07, 6.45) is -2.39. The fourth-order valence-electron chi connectivity index (χ4n) is 0.423. The fourth-order valence-corrected chi connectivity index (χ4v) is 1.03. The first-order valence-electron chi connectivity index (χ1n) is 2.59. The third kappa shape index (κ3) is 10.4. The summed E-state index contributed by atoms with van der Waals surface area (Å²) in [5, 5.41) is 0. The summed E-state index contributed by atoms with van der Waals surface area (Å²) >= 11 is 0. The third-order valence-corrected chi connectivity index (χ3v) is 1.58. The average Bonchev–Trinajstić information content (AvgIpc) is 1.59. The largest absolute Gasteiger partial charge is 1.00 e. The molecule has 1 unspecified atom stereocenters. The fraction of sp³-hybridized carbons (Fsp3) is 1.00. The first kappa shape index (κ1) is 13.9. The number of alkyl halides is 2. The van der Waals surface area contributed by atoms with Crippen molar-refractivity contribution >= 4 is 10.1 Å². The molecule has 0 saturated heterocycles. The minimum absolute atomic E-state index is 0. The van der Waals surface area contributed by atoms with Crippen LogP contribution in [0.3, 0.4) is 0 Å². The van der Waals surface area contributed by atoms with Crippen LogP contribution in [0.15, 0.2) is 0 Å². The molecular formula is C4H7F2LiO3S. The van der Waals surface area contributed by atoms with Crippen LogP contribution in [0.2, 0.25) is 0 Å². The van der Waals surface area contributed by atoms with Crippen molar-refractivity contribution in [3.05, 3.63) is 0 Å². The standard InChI is InChI=1S/C4H8F2O3S.Li/c5-2-1-4(6)3-10(7,8)9;/h4H,1-3H2,(H,7,8,9);/q;+1/p-1. The number of halogens is 2. The quantitative estimate of drug-likeness (QED) is 0.347. The minimum atomic E-state index is -4.54. The molecule has 0 fully saturated rings.